The van der Waals surface area contributed by atoms with Crippen molar-refractivity contribution in [2.75, 3.05) is 0 Å². The summed E-state index contributed by atoms with van der Waals surface area (Å²) < 4.78 is 4.79. The fourth-order valence-electron chi connectivity index (χ4n) is 0.759. The van der Waals surface area contributed by atoms with Crippen LogP contribution >= 0.6 is 24.8 Å². The van der Waals surface area contributed by atoms with Crippen LogP contribution in [0.1, 0.15) is 12.5 Å². The van der Waals surface area contributed by atoms with Gasteiger partial charge in [-0.05, 0) is 5.56 Å². The Kier molecular flexibility index (Phi) is 8.97. The van der Waals surface area contributed by atoms with Crippen molar-refractivity contribution < 1.29 is 9.53 Å². The van der Waals surface area contributed by atoms with E-state index in [0.29, 0.717) is 6.61 Å². The van der Waals surface area contributed by atoms with Gasteiger partial charge in [-0.2, -0.15) is 0 Å². The minimum absolute atomic E-state index is 0. The molecule has 0 saturated heterocycles. The van der Waals surface area contributed by atoms with Gasteiger partial charge in [-0.3, -0.25) is 4.79 Å². The van der Waals surface area contributed by atoms with Gasteiger partial charge in [0.25, 0.3) is 0 Å². The van der Waals surface area contributed by atoms with Crippen molar-refractivity contribution in [2.24, 2.45) is 0 Å². The molecule has 74 valence electrons. The number of benzene rings is 1. The standard InChI is InChI=1S/C9H10O2.2ClH/c1-8(10)11-7-9-5-3-2-4-6-9;;/h2-6H,7H2,1H3;2*1H. The van der Waals surface area contributed by atoms with Crippen molar-refractivity contribution in [1.29, 1.82) is 0 Å². The Morgan fingerprint density at radius 3 is 2.23 bits per heavy atom. The molecule has 0 heterocycles. The van der Waals surface area contributed by atoms with Crippen LogP contribution in [0, 0.1) is 0 Å². The van der Waals surface area contributed by atoms with Crippen molar-refractivity contribution in [3.63, 3.8) is 0 Å². The number of carbonyl (C=O) groups is 1. The van der Waals surface area contributed by atoms with Crippen LogP contribution in [-0.4, -0.2) is 5.97 Å². The average molecular weight is 223 g/mol. The van der Waals surface area contributed by atoms with E-state index in [0.717, 1.165) is 5.56 Å². The lowest BCUT2D eigenvalue weighted by molar-refractivity contribution is -0.142. The zero-order chi connectivity index (χ0) is 8.10. The fourth-order valence-corrected chi connectivity index (χ4v) is 0.759. The largest absolute Gasteiger partial charge is 0.461 e. The summed E-state index contributed by atoms with van der Waals surface area (Å²) in [6.45, 7) is 1.78. The molecule has 0 aliphatic heterocycles. The van der Waals surface area contributed by atoms with E-state index in [2.05, 4.69) is 0 Å². The summed E-state index contributed by atoms with van der Waals surface area (Å²) in [5.74, 6) is -0.242. The van der Waals surface area contributed by atoms with Crippen LogP contribution in [0.15, 0.2) is 30.3 Å². The first-order chi connectivity index (χ1) is 5.29. The second-order valence-corrected chi connectivity index (χ2v) is 2.27. The van der Waals surface area contributed by atoms with E-state index >= 15 is 0 Å². The Morgan fingerprint density at radius 2 is 1.77 bits per heavy atom. The summed E-state index contributed by atoms with van der Waals surface area (Å²) in [6.07, 6.45) is 0. The predicted molar refractivity (Wildman–Crippen MR) is 56.4 cm³/mol. The number of hydrogen-bond donors (Lipinski definition) is 0. The van der Waals surface area contributed by atoms with Crippen LogP contribution in [0.4, 0.5) is 0 Å². The lowest BCUT2D eigenvalue weighted by Crippen LogP contribution is -1.97. The molecule has 1 aromatic rings. The maximum absolute atomic E-state index is 10.4. The van der Waals surface area contributed by atoms with E-state index in [1.807, 2.05) is 30.3 Å². The van der Waals surface area contributed by atoms with Gasteiger partial charge in [0, 0.05) is 6.92 Å². The van der Waals surface area contributed by atoms with E-state index in [1.54, 1.807) is 0 Å². The van der Waals surface area contributed by atoms with Gasteiger partial charge in [0.1, 0.15) is 6.61 Å². The lowest BCUT2D eigenvalue weighted by atomic mass is 10.2. The number of ether oxygens (including phenoxy) is 1. The van der Waals surface area contributed by atoms with Crippen LogP contribution < -0.4 is 0 Å². The van der Waals surface area contributed by atoms with Crippen LogP contribution in [0.2, 0.25) is 0 Å². The van der Waals surface area contributed by atoms with E-state index in [-0.39, 0.29) is 30.8 Å². The highest BCUT2D eigenvalue weighted by Gasteiger charge is 1.93. The number of esters is 1. The smallest absolute Gasteiger partial charge is 0.302 e. The molecule has 4 heteroatoms. The average Bonchev–Trinajstić information content (AvgIpc) is 2.03. The Labute approximate surface area is 90.1 Å². The van der Waals surface area contributed by atoms with Gasteiger partial charge < -0.3 is 4.74 Å². The molecule has 0 fully saturated rings. The van der Waals surface area contributed by atoms with E-state index in [4.69, 9.17) is 4.74 Å². The highest BCUT2D eigenvalue weighted by Crippen LogP contribution is 1.99. The predicted octanol–water partition coefficient (Wildman–Crippen LogP) is 2.59. The first-order valence-electron chi connectivity index (χ1n) is 3.46. The molecular weight excluding hydrogens is 211 g/mol. The molecule has 0 amide bonds. The molecule has 0 N–H and O–H groups in total. The zero-order valence-electron chi connectivity index (χ0n) is 7.23. The number of carbonyl (C=O) groups excluding carboxylic acids is 1. The monoisotopic (exact) mass is 222 g/mol. The van der Waals surface area contributed by atoms with Crippen molar-refractivity contribution in [3.05, 3.63) is 35.9 Å². The maximum atomic E-state index is 10.4. The highest BCUT2D eigenvalue weighted by atomic mass is 35.5. The van der Waals surface area contributed by atoms with E-state index in [9.17, 15) is 4.79 Å². The topological polar surface area (TPSA) is 26.3 Å². The summed E-state index contributed by atoms with van der Waals surface area (Å²) in [5.41, 5.74) is 1.02. The van der Waals surface area contributed by atoms with Crippen molar-refractivity contribution in [2.45, 2.75) is 13.5 Å². The molecule has 0 aliphatic carbocycles. The van der Waals surface area contributed by atoms with Crippen LogP contribution in [-0.2, 0) is 16.1 Å². The normalized spacial score (nSPS) is 7.77. The van der Waals surface area contributed by atoms with Crippen molar-refractivity contribution in [1.82, 2.24) is 0 Å². The second-order valence-electron chi connectivity index (χ2n) is 2.27. The lowest BCUT2D eigenvalue weighted by Gasteiger charge is -1.99. The molecule has 0 bridgehead atoms. The molecule has 0 unspecified atom stereocenters. The van der Waals surface area contributed by atoms with E-state index in [1.165, 1.54) is 6.92 Å². The number of rotatable bonds is 2. The Morgan fingerprint density at radius 1 is 1.23 bits per heavy atom. The van der Waals surface area contributed by atoms with Crippen LogP contribution in [0.5, 0.6) is 0 Å². The third-order valence-corrected chi connectivity index (χ3v) is 1.28. The molecule has 1 rings (SSSR count). The zero-order valence-corrected chi connectivity index (χ0v) is 8.86. The SMILES string of the molecule is CC(=O)OCc1ccccc1.Cl.Cl. The third kappa shape index (κ3) is 6.43. The Hall–Kier alpha value is -0.730. The molecule has 0 atom stereocenters. The molecule has 0 aromatic heterocycles. The first-order valence-corrected chi connectivity index (χ1v) is 3.46. The molecule has 0 radical (unpaired) electrons. The molecular formula is C9H12Cl2O2. The molecule has 2 nitrogen and oxygen atoms in total. The number of halogens is 2. The Bertz CT molecular complexity index is 237. The summed E-state index contributed by atoms with van der Waals surface area (Å²) in [7, 11) is 0. The maximum Gasteiger partial charge on any atom is 0.302 e. The molecule has 0 saturated carbocycles. The van der Waals surface area contributed by atoms with Gasteiger partial charge >= 0.3 is 5.97 Å². The highest BCUT2D eigenvalue weighted by molar-refractivity contribution is 5.85. The second kappa shape index (κ2) is 7.90. The van der Waals surface area contributed by atoms with Gasteiger partial charge in [-0.1, -0.05) is 30.3 Å². The first kappa shape index (κ1) is 14.8. The minimum Gasteiger partial charge on any atom is -0.461 e. The van der Waals surface area contributed by atoms with E-state index < -0.39 is 0 Å². The fraction of sp³-hybridized carbons (Fsp3) is 0.222. The van der Waals surface area contributed by atoms with Gasteiger partial charge in [0.05, 0.1) is 0 Å². The van der Waals surface area contributed by atoms with Gasteiger partial charge in [-0.15, -0.1) is 24.8 Å². The number of hydrogen-bond acceptors (Lipinski definition) is 2. The van der Waals surface area contributed by atoms with Gasteiger partial charge in [0.15, 0.2) is 0 Å². The summed E-state index contributed by atoms with van der Waals surface area (Å²) >= 11 is 0. The van der Waals surface area contributed by atoms with Crippen molar-refractivity contribution >= 4 is 30.8 Å². The van der Waals surface area contributed by atoms with Crippen LogP contribution in [0.25, 0.3) is 0 Å². The molecule has 13 heavy (non-hydrogen) atoms. The van der Waals surface area contributed by atoms with Gasteiger partial charge in [0.2, 0.25) is 0 Å². The molecule has 1 aromatic carbocycles. The molecule has 0 aliphatic rings. The Balaban J connectivity index is 0. The summed E-state index contributed by atoms with van der Waals surface area (Å²) in [5, 5.41) is 0. The summed E-state index contributed by atoms with van der Waals surface area (Å²) in [6, 6.07) is 9.60. The molecule has 0 spiro atoms. The van der Waals surface area contributed by atoms with Crippen LogP contribution in [0.3, 0.4) is 0 Å². The quantitative estimate of drug-likeness (QED) is 0.720. The van der Waals surface area contributed by atoms with Crippen molar-refractivity contribution in [3.8, 4) is 0 Å². The minimum atomic E-state index is -0.242. The third-order valence-electron chi connectivity index (χ3n) is 1.28. The van der Waals surface area contributed by atoms with Gasteiger partial charge in [-0.25, -0.2) is 0 Å². The summed E-state index contributed by atoms with van der Waals surface area (Å²) in [4.78, 5) is 10.4.